The minimum atomic E-state index is -4.31. The fourth-order valence-electron chi connectivity index (χ4n) is 2.98. The third-order valence-corrected chi connectivity index (χ3v) is 4.58. The van der Waals surface area contributed by atoms with Gasteiger partial charge in [-0.2, -0.15) is 13.2 Å². The Bertz CT molecular complexity index is 453. The summed E-state index contributed by atoms with van der Waals surface area (Å²) in [5, 5.41) is 0.436. The molecule has 1 fully saturated rings. The standard InChI is InChI=1S/C15H19BrF3N/c1-2-20(12-5-3-4-6-12)14-8-7-11(10-16)9-13(14)15(17,18)19/h7-9,12H,2-6,10H2,1H3. The summed E-state index contributed by atoms with van der Waals surface area (Å²) in [5.41, 5.74) is 0.475. The zero-order valence-corrected chi connectivity index (χ0v) is 13.1. The van der Waals surface area contributed by atoms with E-state index in [0.29, 0.717) is 23.1 Å². The van der Waals surface area contributed by atoms with Crippen LogP contribution < -0.4 is 4.90 Å². The average molecular weight is 350 g/mol. The smallest absolute Gasteiger partial charge is 0.368 e. The average Bonchev–Trinajstić information content (AvgIpc) is 2.92. The highest BCUT2D eigenvalue weighted by atomic mass is 79.9. The van der Waals surface area contributed by atoms with Crippen molar-refractivity contribution in [1.82, 2.24) is 0 Å². The molecule has 2 rings (SSSR count). The van der Waals surface area contributed by atoms with Crippen LogP contribution in [0.3, 0.4) is 0 Å². The molecule has 5 heteroatoms. The van der Waals surface area contributed by atoms with Gasteiger partial charge in [-0.1, -0.05) is 34.8 Å². The third kappa shape index (κ3) is 3.30. The van der Waals surface area contributed by atoms with Crippen molar-refractivity contribution in [3.63, 3.8) is 0 Å². The van der Waals surface area contributed by atoms with Gasteiger partial charge < -0.3 is 4.90 Å². The van der Waals surface area contributed by atoms with Crippen LogP contribution in [0.1, 0.15) is 43.7 Å². The Balaban J connectivity index is 2.42. The van der Waals surface area contributed by atoms with Gasteiger partial charge in [0.1, 0.15) is 0 Å². The molecule has 0 aliphatic heterocycles. The largest absolute Gasteiger partial charge is 0.418 e. The molecule has 0 spiro atoms. The Hall–Kier alpha value is -0.710. The molecule has 0 amide bonds. The minimum absolute atomic E-state index is 0.246. The van der Waals surface area contributed by atoms with Gasteiger partial charge in [-0.25, -0.2) is 0 Å². The van der Waals surface area contributed by atoms with E-state index < -0.39 is 11.7 Å². The monoisotopic (exact) mass is 349 g/mol. The zero-order valence-electron chi connectivity index (χ0n) is 11.5. The van der Waals surface area contributed by atoms with Crippen molar-refractivity contribution in [3.8, 4) is 0 Å². The highest BCUT2D eigenvalue weighted by Crippen LogP contribution is 2.39. The van der Waals surface area contributed by atoms with Crippen LogP contribution >= 0.6 is 15.9 Å². The molecule has 0 radical (unpaired) electrons. The number of halogens is 4. The Morgan fingerprint density at radius 2 is 1.90 bits per heavy atom. The van der Waals surface area contributed by atoms with Crippen LogP contribution in [0.4, 0.5) is 18.9 Å². The van der Waals surface area contributed by atoms with Gasteiger partial charge in [0.25, 0.3) is 0 Å². The lowest BCUT2D eigenvalue weighted by molar-refractivity contribution is -0.137. The summed E-state index contributed by atoms with van der Waals surface area (Å²) in [6, 6.07) is 4.91. The number of rotatable bonds is 4. The van der Waals surface area contributed by atoms with Gasteiger partial charge in [-0.05, 0) is 37.5 Å². The summed E-state index contributed by atoms with van der Waals surface area (Å²) in [5.74, 6) is 0. The van der Waals surface area contributed by atoms with Crippen LogP contribution in [0, 0.1) is 0 Å². The molecule has 1 aliphatic rings. The Morgan fingerprint density at radius 1 is 1.25 bits per heavy atom. The molecule has 1 aromatic rings. The predicted molar refractivity (Wildman–Crippen MR) is 79.4 cm³/mol. The number of hydrogen-bond donors (Lipinski definition) is 0. The Kier molecular flexibility index (Phi) is 4.99. The second kappa shape index (κ2) is 6.37. The SMILES string of the molecule is CCN(c1ccc(CBr)cc1C(F)(F)F)C1CCCC1. The van der Waals surface area contributed by atoms with Crippen LogP contribution in [-0.2, 0) is 11.5 Å². The van der Waals surface area contributed by atoms with Crippen molar-refractivity contribution in [2.24, 2.45) is 0 Å². The maximum Gasteiger partial charge on any atom is 0.418 e. The number of hydrogen-bond acceptors (Lipinski definition) is 1. The molecule has 1 saturated carbocycles. The van der Waals surface area contributed by atoms with Crippen LogP contribution in [0.5, 0.6) is 0 Å². The summed E-state index contributed by atoms with van der Waals surface area (Å²) in [7, 11) is 0. The van der Waals surface area contributed by atoms with Crippen molar-refractivity contribution in [3.05, 3.63) is 29.3 Å². The zero-order chi connectivity index (χ0) is 14.8. The molecule has 112 valence electrons. The van der Waals surface area contributed by atoms with Gasteiger partial charge in [0.05, 0.1) is 5.56 Å². The number of alkyl halides is 4. The summed E-state index contributed by atoms with van der Waals surface area (Å²) in [6.07, 6.45) is -0.0970. The van der Waals surface area contributed by atoms with E-state index in [2.05, 4.69) is 15.9 Å². The highest BCUT2D eigenvalue weighted by Gasteiger charge is 2.36. The Labute approximate surface area is 126 Å². The van der Waals surface area contributed by atoms with E-state index in [0.717, 1.165) is 25.7 Å². The van der Waals surface area contributed by atoms with Gasteiger partial charge in [-0.3, -0.25) is 0 Å². The first-order valence-corrected chi connectivity index (χ1v) is 8.12. The van der Waals surface area contributed by atoms with Crippen molar-refractivity contribution >= 4 is 21.6 Å². The van der Waals surface area contributed by atoms with Crippen LogP contribution in [0.2, 0.25) is 0 Å². The van der Waals surface area contributed by atoms with Gasteiger partial charge in [0, 0.05) is 23.6 Å². The third-order valence-electron chi connectivity index (χ3n) is 3.94. The highest BCUT2D eigenvalue weighted by molar-refractivity contribution is 9.08. The number of anilines is 1. The van der Waals surface area contributed by atoms with Gasteiger partial charge in [0.2, 0.25) is 0 Å². The maximum atomic E-state index is 13.3. The van der Waals surface area contributed by atoms with E-state index in [1.807, 2.05) is 11.8 Å². The first kappa shape index (κ1) is 15.7. The molecule has 0 heterocycles. The number of benzene rings is 1. The van der Waals surface area contributed by atoms with E-state index >= 15 is 0 Å². The van der Waals surface area contributed by atoms with Crippen LogP contribution in [0.15, 0.2) is 18.2 Å². The summed E-state index contributed by atoms with van der Waals surface area (Å²) in [4.78, 5) is 1.92. The van der Waals surface area contributed by atoms with Crippen molar-refractivity contribution in [1.29, 1.82) is 0 Å². The molecule has 0 atom stereocenters. The molecular weight excluding hydrogens is 331 g/mol. The van der Waals surface area contributed by atoms with E-state index in [1.54, 1.807) is 12.1 Å². The molecular formula is C15H19BrF3N. The molecule has 1 nitrogen and oxygen atoms in total. The summed E-state index contributed by atoms with van der Waals surface area (Å²) in [6.45, 7) is 2.54. The lowest BCUT2D eigenvalue weighted by Crippen LogP contribution is -2.34. The molecule has 0 saturated heterocycles. The molecule has 0 N–H and O–H groups in total. The maximum absolute atomic E-state index is 13.3. The quantitative estimate of drug-likeness (QED) is 0.660. The van der Waals surface area contributed by atoms with Crippen molar-refractivity contribution in [2.75, 3.05) is 11.4 Å². The van der Waals surface area contributed by atoms with E-state index in [-0.39, 0.29) is 6.04 Å². The lowest BCUT2D eigenvalue weighted by Gasteiger charge is -2.32. The molecule has 1 aliphatic carbocycles. The fourth-order valence-corrected chi connectivity index (χ4v) is 3.33. The summed E-state index contributed by atoms with van der Waals surface area (Å²) < 4.78 is 39.9. The molecule has 20 heavy (non-hydrogen) atoms. The van der Waals surface area contributed by atoms with Crippen LogP contribution in [0.25, 0.3) is 0 Å². The Morgan fingerprint density at radius 3 is 2.40 bits per heavy atom. The van der Waals surface area contributed by atoms with Crippen LogP contribution in [-0.4, -0.2) is 12.6 Å². The normalized spacial score (nSPS) is 16.6. The van der Waals surface area contributed by atoms with E-state index in [4.69, 9.17) is 0 Å². The molecule has 1 aromatic carbocycles. The lowest BCUT2D eigenvalue weighted by atomic mass is 10.1. The van der Waals surface area contributed by atoms with Gasteiger partial charge in [0.15, 0.2) is 0 Å². The summed E-state index contributed by atoms with van der Waals surface area (Å²) >= 11 is 3.22. The van der Waals surface area contributed by atoms with Gasteiger partial charge >= 0.3 is 6.18 Å². The van der Waals surface area contributed by atoms with E-state index in [1.165, 1.54) is 6.07 Å². The van der Waals surface area contributed by atoms with E-state index in [9.17, 15) is 13.2 Å². The topological polar surface area (TPSA) is 3.24 Å². The number of nitrogens with zero attached hydrogens (tertiary/aromatic N) is 1. The van der Waals surface area contributed by atoms with Gasteiger partial charge in [-0.15, -0.1) is 0 Å². The first-order valence-electron chi connectivity index (χ1n) is 7.00. The molecule has 0 aromatic heterocycles. The molecule has 0 bridgehead atoms. The second-order valence-corrected chi connectivity index (χ2v) is 5.77. The molecule has 0 unspecified atom stereocenters. The second-order valence-electron chi connectivity index (χ2n) is 5.21. The fraction of sp³-hybridized carbons (Fsp3) is 0.600. The van der Waals surface area contributed by atoms with Crippen molar-refractivity contribution in [2.45, 2.75) is 50.2 Å². The predicted octanol–water partition coefficient (Wildman–Crippen LogP) is 5.37. The minimum Gasteiger partial charge on any atom is -0.368 e. The van der Waals surface area contributed by atoms with Crippen molar-refractivity contribution < 1.29 is 13.2 Å². The first-order chi connectivity index (χ1) is 9.47.